The Morgan fingerprint density at radius 3 is 2.80 bits per heavy atom. The molecule has 0 bridgehead atoms. The van der Waals surface area contributed by atoms with E-state index in [-0.39, 0.29) is 18.0 Å². The summed E-state index contributed by atoms with van der Waals surface area (Å²) in [5.74, 6) is 0.442. The quantitative estimate of drug-likeness (QED) is 0.703. The minimum absolute atomic E-state index is 0.0574. The van der Waals surface area contributed by atoms with Gasteiger partial charge >= 0.3 is 0 Å². The third-order valence-electron chi connectivity index (χ3n) is 3.20. The van der Waals surface area contributed by atoms with E-state index in [1.807, 2.05) is 11.5 Å². The highest BCUT2D eigenvalue weighted by Crippen LogP contribution is 2.21. The lowest BCUT2D eigenvalue weighted by atomic mass is 10.0. The molecule has 0 aliphatic carbocycles. The average molecular weight is 282 g/mol. The van der Waals surface area contributed by atoms with Gasteiger partial charge in [0.2, 0.25) is 5.91 Å². The van der Waals surface area contributed by atoms with Gasteiger partial charge in [0.1, 0.15) is 6.04 Å². The number of carbonyl (C=O) groups is 1. The zero-order chi connectivity index (χ0) is 15.1. The van der Waals surface area contributed by atoms with Crippen LogP contribution in [0.2, 0.25) is 0 Å². The summed E-state index contributed by atoms with van der Waals surface area (Å²) in [5.41, 5.74) is 7.08. The fourth-order valence-electron chi connectivity index (χ4n) is 2.10. The molecule has 0 aliphatic heterocycles. The molecule has 6 nitrogen and oxygen atoms in total. The molecule has 0 radical (unpaired) electrons. The van der Waals surface area contributed by atoms with Gasteiger partial charge in [-0.15, -0.1) is 0 Å². The number of nitrogens with one attached hydrogen (secondary N) is 1. The largest absolute Gasteiger partial charge is 0.383 e. The monoisotopic (exact) mass is 282 g/mol. The Kier molecular flexibility index (Phi) is 6.67. The number of rotatable bonds is 8. The lowest BCUT2D eigenvalue weighted by Gasteiger charge is -2.20. The van der Waals surface area contributed by atoms with Crippen molar-refractivity contribution in [2.24, 2.45) is 11.7 Å². The maximum atomic E-state index is 12.1. The summed E-state index contributed by atoms with van der Waals surface area (Å²) < 4.78 is 6.76. The summed E-state index contributed by atoms with van der Waals surface area (Å²) in [6, 6.07) is -0.436. The maximum absolute atomic E-state index is 12.1. The molecule has 3 N–H and O–H groups in total. The third-order valence-corrected chi connectivity index (χ3v) is 3.20. The van der Waals surface area contributed by atoms with Crippen molar-refractivity contribution in [2.75, 3.05) is 20.3 Å². The lowest BCUT2D eigenvalue weighted by Crippen LogP contribution is -2.34. The van der Waals surface area contributed by atoms with Crippen LogP contribution in [0.15, 0.2) is 12.5 Å². The van der Waals surface area contributed by atoms with E-state index in [9.17, 15) is 4.79 Å². The Balaban J connectivity index is 2.71. The first-order valence-corrected chi connectivity index (χ1v) is 7.01. The van der Waals surface area contributed by atoms with E-state index in [2.05, 4.69) is 24.1 Å². The second-order valence-electron chi connectivity index (χ2n) is 5.42. The fraction of sp³-hybridized carbons (Fsp3) is 0.714. The molecule has 114 valence electrons. The Morgan fingerprint density at radius 2 is 2.20 bits per heavy atom. The molecule has 0 aromatic carbocycles. The predicted molar refractivity (Wildman–Crippen MR) is 78.2 cm³/mol. The highest BCUT2D eigenvalue weighted by Gasteiger charge is 2.20. The van der Waals surface area contributed by atoms with Crippen molar-refractivity contribution in [1.29, 1.82) is 0 Å². The molecule has 1 aromatic heterocycles. The van der Waals surface area contributed by atoms with Crippen LogP contribution in [0.25, 0.3) is 0 Å². The molecule has 0 aliphatic rings. The summed E-state index contributed by atoms with van der Waals surface area (Å²) in [6.45, 7) is 7.10. The SMILES string of the molecule is COCCNC(=O)C(C)n1cncc1C(N)CC(C)C. The van der Waals surface area contributed by atoms with Crippen LogP contribution in [0.3, 0.4) is 0 Å². The summed E-state index contributed by atoms with van der Waals surface area (Å²) in [6.07, 6.45) is 4.27. The molecule has 1 rings (SSSR count). The van der Waals surface area contributed by atoms with Gasteiger partial charge in [0.15, 0.2) is 0 Å². The van der Waals surface area contributed by atoms with E-state index in [1.54, 1.807) is 19.6 Å². The van der Waals surface area contributed by atoms with Crippen LogP contribution < -0.4 is 11.1 Å². The number of aromatic nitrogens is 2. The third kappa shape index (κ3) is 4.61. The topological polar surface area (TPSA) is 82.2 Å². The van der Waals surface area contributed by atoms with Gasteiger partial charge in [-0.05, 0) is 19.3 Å². The Labute approximate surface area is 120 Å². The van der Waals surface area contributed by atoms with Crippen LogP contribution in [0.4, 0.5) is 0 Å². The van der Waals surface area contributed by atoms with Crippen molar-refractivity contribution in [3.8, 4) is 0 Å². The summed E-state index contributed by atoms with van der Waals surface area (Å²) >= 11 is 0. The molecule has 2 atom stereocenters. The fourth-order valence-corrected chi connectivity index (χ4v) is 2.10. The second-order valence-corrected chi connectivity index (χ2v) is 5.42. The Hall–Kier alpha value is -1.40. The standard InChI is InChI=1S/C14H26N4O2/c1-10(2)7-12(15)13-8-16-9-18(13)11(3)14(19)17-5-6-20-4/h8-12H,5-7,15H2,1-4H3,(H,17,19). The van der Waals surface area contributed by atoms with Crippen LogP contribution in [0.5, 0.6) is 0 Å². The number of amides is 1. The molecule has 1 aromatic rings. The van der Waals surface area contributed by atoms with Crippen LogP contribution in [0, 0.1) is 5.92 Å². The van der Waals surface area contributed by atoms with Gasteiger partial charge in [-0.3, -0.25) is 4.79 Å². The highest BCUT2D eigenvalue weighted by molar-refractivity contribution is 5.79. The van der Waals surface area contributed by atoms with Gasteiger partial charge in [-0.2, -0.15) is 0 Å². The van der Waals surface area contributed by atoms with Crippen LogP contribution in [0.1, 0.15) is 45.0 Å². The van der Waals surface area contributed by atoms with Crippen LogP contribution >= 0.6 is 0 Å². The minimum Gasteiger partial charge on any atom is -0.383 e. The zero-order valence-corrected chi connectivity index (χ0v) is 12.8. The van der Waals surface area contributed by atoms with Crippen LogP contribution in [-0.4, -0.2) is 35.7 Å². The van der Waals surface area contributed by atoms with E-state index in [1.165, 1.54) is 0 Å². The maximum Gasteiger partial charge on any atom is 0.242 e. The van der Waals surface area contributed by atoms with Gasteiger partial charge in [0, 0.05) is 25.9 Å². The van der Waals surface area contributed by atoms with Crippen molar-refractivity contribution >= 4 is 5.91 Å². The van der Waals surface area contributed by atoms with Gasteiger partial charge in [0.25, 0.3) is 0 Å². The highest BCUT2D eigenvalue weighted by atomic mass is 16.5. The first-order valence-electron chi connectivity index (χ1n) is 7.01. The Bertz CT molecular complexity index is 417. The molecule has 0 saturated carbocycles. The van der Waals surface area contributed by atoms with E-state index in [4.69, 9.17) is 10.5 Å². The summed E-state index contributed by atoms with van der Waals surface area (Å²) in [5, 5.41) is 2.83. The van der Waals surface area contributed by atoms with Gasteiger partial charge < -0.3 is 20.4 Å². The smallest absolute Gasteiger partial charge is 0.242 e. The normalized spacial score (nSPS) is 14.3. The molecule has 20 heavy (non-hydrogen) atoms. The van der Waals surface area contributed by atoms with Crippen molar-refractivity contribution in [3.63, 3.8) is 0 Å². The molecular weight excluding hydrogens is 256 g/mol. The minimum atomic E-state index is -0.331. The molecule has 0 spiro atoms. The number of hydrogen-bond donors (Lipinski definition) is 2. The molecule has 1 heterocycles. The van der Waals surface area contributed by atoms with E-state index in [0.717, 1.165) is 12.1 Å². The van der Waals surface area contributed by atoms with Crippen molar-refractivity contribution in [3.05, 3.63) is 18.2 Å². The molecule has 2 unspecified atom stereocenters. The summed E-state index contributed by atoms with van der Waals surface area (Å²) in [7, 11) is 1.61. The number of nitrogens with zero attached hydrogens (tertiary/aromatic N) is 2. The lowest BCUT2D eigenvalue weighted by molar-refractivity contribution is -0.124. The van der Waals surface area contributed by atoms with E-state index >= 15 is 0 Å². The first-order chi connectivity index (χ1) is 9.47. The zero-order valence-electron chi connectivity index (χ0n) is 12.8. The summed E-state index contributed by atoms with van der Waals surface area (Å²) in [4.78, 5) is 16.2. The van der Waals surface area contributed by atoms with Crippen molar-refractivity contribution in [2.45, 2.75) is 39.3 Å². The van der Waals surface area contributed by atoms with Gasteiger partial charge in [-0.25, -0.2) is 4.98 Å². The number of nitrogens with two attached hydrogens (primary N) is 1. The molecule has 6 heteroatoms. The van der Waals surface area contributed by atoms with E-state index in [0.29, 0.717) is 19.1 Å². The first kappa shape index (κ1) is 16.7. The number of methoxy groups -OCH3 is 1. The molecular formula is C14H26N4O2. The number of hydrogen-bond acceptors (Lipinski definition) is 4. The van der Waals surface area contributed by atoms with Crippen molar-refractivity contribution in [1.82, 2.24) is 14.9 Å². The number of ether oxygens (including phenoxy) is 1. The van der Waals surface area contributed by atoms with Crippen LogP contribution in [-0.2, 0) is 9.53 Å². The number of carbonyl (C=O) groups excluding carboxylic acids is 1. The molecule has 0 fully saturated rings. The number of imidazole rings is 1. The van der Waals surface area contributed by atoms with E-state index < -0.39 is 0 Å². The van der Waals surface area contributed by atoms with Gasteiger partial charge in [0.05, 0.1) is 18.6 Å². The second kappa shape index (κ2) is 8.01. The molecule has 0 saturated heterocycles. The van der Waals surface area contributed by atoms with Crippen molar-refractivity contribution < 1.29 is 9.53 Å². The Morgan fingerprint density at radius 1 is 1.50 bits per heavy atom. The van der Waals surface area contributed by atoms with Gasteiger partial charge in [-0.1, -0.05) is 13.8 Å². The predicted octanol–water partition coefficient (Wildman–Crippen LogP) is 1.25. The molecule has 1 amide bonds. The average Bonchev–Trinajstić information content (AvgIpc) is 2.86.